The Bertz CT molecular complexity index is 510. The molecule has 0 aromatic carbocycles. The largest absolute Gasteiger partial charge is 0.468 e. The van der Waals surface area contributed by atoms with E-state index in [0.29, 0.717) is 18.4 Å². The first kappa shape index (κ1) is 17.6. The molecule has 1 aliphatic heterocycles. The van der Waals surface area contributed by atoms with Crippen molar-refractivity contribution in [3.05, 3.63) is 5.69 Å². The molecule has 0 unspecified atom stereocenters. The van der Waals surface area contributed by atoms with Crippen molar-refractivity contribution in [2.24, 2.45) is 11.7 Å². The lowest BCUT2D eigenvalue weighted by molar-refractivity contribution is 0.0640. The van der Waals surface area contributed by atoms with Crippen molar-refractivity contribution in [1.82, 2.24) is 14.9 Å². The Morgan fingerprint density at radius 1 is 1.43 bits per heavy atom. The number of rotatable bonds is 9. The molecular formula is C15H28N6O2. The third-order valence-corrected chi connectivity index (χ3v) is 4.21. The van der Waals surface area contributed by atoms with Gasteiger partial charge in [0.2, 0.25) is 0 Å². The van der Waals surface area contributed by atoms with Gasteiger partial charge in [-0.25, -0.2) is 0 Å². The quantitative estimate of drug-likeness (QED) is 0.299. The standard InChI is InChI=1S/C15H28N6O2/c1-22-15-20-12(13(16)17)14(18)21(15)8-2-6-19-7-3-11-4-9-23-10-5-11/h11,19H,2-10,18H2,1H3,(H3,16,17). The molecule has 2 rings (SSSR count). The van der Waals surface area contributed by atoms with Gasteiger partial charge in [-0.2, -0.15) is 4.98 Å². The predicted octanol–water partition coefficient (Wildman–Crippen LogP) is 0.554. The second kappa shape index (κ2) is 8.73. The molecule has 2 heterocycles. The average Bonchev–Trinajstić information content (AvgIpc) is 2.88. The molecule has 1 fully saturated rings. The number of aromatic nitrogens is 2. The molecule has 0 bridgehead atoms. The number of imidazole rings is 1. The summed E-state index contributed by atoms with van der Waals surface area (Å²) >= 11 is 0. The highest BCUT2D eigenvalue weighted by atomic mass is 16.5. The number of nitrogens with two attached hydrogens (primary N) is 2. The van der Waals surface area contributed by atoms with Crippen molar-refractivity contribution in [3.8, 4) is 6.01 Å². The summed E-state index contributed by atoms with van der Waals surface area (Å²) < 4.78 is 12.3. The minimum atomic E-state index is -0.144. The molecule has 8 nitrogen and oxygen atoms in total. The number of nitrogens with zero attached hydrogens (tertiary/aromatic N) is 2. The fourth-order valence-electron chi connectivity index (χ4n) is 2.84. The summed E-state index contributed by atoms with van der Waals surface area (Å²) in [5.74, 6) is 1.03. The molecule has 0 radical (unpaired) electrons. The third-order valence-electron chi connectivity index (χ3n) is 4.21. The highest BCUT2D eigenvalue weighted by molar-refractivity contribution is 5.97. The lowest BCUT2D eigenvalue weighted by Gasteiger charge is -2.21. The van der Waals surface area contributed by atoms with Gasteiger partial charge in [-0.3, -0.25) is 9.98 Å². The molecule has 0 amide bonds. The van der Waals surface area contributed by atoms with Crippen LogP contribution in [0.5, 0.6) is 6.01 Å². The van der Waals surface area contributed by atoms with Crippen LogP contribution in [0.3, 0.4) is 0 Å². The summed E-state index contributed by atoms with van der Waals surface area (Å²) in [5.41, 5.74) is 11.7. The molecule has 8 heteroatoms. The summed E-state index contributed by atoms with van der Waals surface area (Å²) in [6.45, 7) is 4.42. The number of methoxy groups -OCH3 is 1. The van der Waals surface area contributed by atoms with E-state index in [9.17, 15) is 0 Å². The van der Waals surface area contributed by atoms with Gasteiger partial charge < -0.3 is 26.3 Å². The molecule has 130 valence electrons. The van der Waals surface area contributed by atoms with Gasteiger partial charge in [0.15, 0.2) is 5.69 Å². The molecule has 1 saturated heterocycles. The molecule has 0 spiro atoms. The Balaban J connectivity index is 1.70. The molecule has 1 aliphatic rings. The zero-order valence-corrected chi connectivity index (χ0v) is 13.8. The first-order valence-corrected chi connectivity index (χ1v) is 8.16. The smallest absolute Gasteiger partial charge is 0.298 e. The van der Waals surface area contributed by atoms with Crippen molar-refractivity contribution >= 4 is 11.7 Å². The van der Waals surface area contributed by atoms with Crippen LogP contribution in [-0.4, -0.2) is 48.8 Å². The second-order valence-corrected chi connectivity index (χ2v) is 5.85. The van der Waals surface area contributed by atoms with E-state index in [1.165, 1.54) is 26.4 Å². The molecule has 6 N–H and O–H groups in total. The van der Waals surface area contributed by atoms with Gasteiger partial charge >= 0.3 is 0 Å². The Morgan fingerprint density at radius 3 is 2.83 bits per heavy atom. The van der Waals surface area contributed by atoms with Crippen LogP contribution >= 0.6 is 0 Å². The monoisotopic (exact) mass is 324 g/mol. The van der Waals surface area contributed by atoms with E-state index in [0.717, 1.165) is 38.6 Å². The average molecular weight is 324 g/mol. The fourth-order valence-corrected chi connectivity index (χ4v) is 2.84. The molecule has 0 saturated carbocycles. The van der Waals surface area contributed by atoms with Crippen LogP contribution < -0.4 is 21.5 Å². The maximum Gasteiger partial charge on any atom is 0.298 e. The van der Waals surface area contributed by atoms with Gasteiger partial charge in [0.25, 0.3) is 6.01 Å². The number of hydrogen-bond acceptors (Lipinski definition) is 6. The first-order chi connectivity index (χ1) is 11.1. The third kappa shape index (κ3) is 4.84. The second-order valence-electron chi connectivity index (χ2n) is 5.85. The zero-order valence-electron chi connectivity index (χ0n) is 13.8. The van der Waals surface area contributed by atoms with E-state index in [2.05, 4.69) is 10.3 Å². The topological polar surface area (TPSA) is 124 Å². The number of anilines is 1. The molecule has 1 aromatic rings. The summed E-state index contributed by atoms with van der Waals surface area (Å²) in [7, 11) is 1.54. The van der Waals surface area contributed by atoms with Crippen LogP contribution in [0.25, 0.3) is 0 Å². The number of ether oxygens (including phenoxy) is 2. The minimum absolute atomic E-state index is 0.144. The molecule has 23 heavy (non-hydrogen) atoms. The Labute approximate surface area is 137 Å². The van der Waals surface area contributed by atoms with Crippen molar-refractivity contribution in [2.45, 2.75) is 32.2 Å². The van der Waals surface area contributed by atoms with E-state index in [1.54, 1.807) is 4.57 Å². The van der Waals surface area contributed by atoms with E-state index in [1.807, 2.05) is 0 Å². The fraction of sp³-hybridized carbons (Fsp3) is 0.733. The summed E-state index contributed by atoms with van der Waals surface area (Å²) in [5, 5.41) is 10.9. The van der Waals surface area contributed by atoms with Crippen LogP contribution in [-0.2, 0) is 11.3 Å². The predicted molar refractivity (Wildman–Crippen MR) is 89.9 cm³/mol. The van der Waals surface area contributed by atoms with E-state index < -0.39 is 0 Å². The maximum atomic E-state index is 7.47. The van der Waals surface area contributed by atoms with Crippen LogP contribution in [0, 0.1) is 11.3 Å². The summed E-state index contributed by atoms with van der Waals surface area (Å²) in [6, 6.07) is 0.398. The van der Waals surface area contributed by atoms with Crippen molar-refractivity contribution < 1.29 is 9.47 Å². The van der Waals surface area contributed by atoms with Gasteiger partial charge in [-0.15, -0.1) is 0 Å². The molecule has 0 aliphatic carbocycles. The zero-order chi connectivity index (χ0) is 16.7. The van der Waals surface area contributed by atoms with Gasteiger partial charge in [-0.05, 0) is 44.7 Å². The van der Waals surface area contributed by atoms with Gasteiger partial charge in [-0.1, -0.05) is 0 Å². The summed E-state index contributed by atoms with van der Waals surface area (Å²) in [6.07, 6.45) is 4.47. The SMILES string of the molecule is COc1nc(C(=N)N)c(N)n1CCCNCCC1CCOCC1. The summed E-state index contributed by atoms with van der Waals surface area (Å²) in [4.78, 5) is 4.14. The van der Waals surface area contributed by atoms with Crippen molar-refractivity contribution in [2.75, 3.05) is 39.1 Å². The van der Waals surface area contributed by atoms with Crippen LogP contribution in [0.15, 0.2) is 0 Å². The van der Waals surface area contributed by atoms with E-state index >= 15 is 0 Å². The lowest BCUT2D eigenvalue weighted by atomic mass is 9.97. The Hall–Kier alpha value is -1.80. The van der Waals surface area contributed by atoms with Gasteiger partial charge in [0.1, 0.15) is 11.7 Å². The van der Waals surface area contributed by atoms with E-state index in [-0.39, 0.29) is 11.5 Å². The highest BCUT2D eigenvalue weighted by Crippen LogP contribution is 2.20. The Morgan fingerprint density at radius 2 is 2.17 bits per heavy atom. The minimum Gasteiger partial charge on any atom is -0.468 e. The molecular weight excluding hydrogens is 296 g/mol. The molecule has 0 atom stereocenters. The van der Waals surface area contributed by atoms with Crippen LogP contribution in [0.4, 0.5) is 5.82 Å². The molecule has 1 aromatic heterocycles. The van der Waals surface area contributed by atoms with E-state index in [4.69, 9.17) is 26.4 Å². The Kier molecular flexibility index (Phi) is 6.66. The highest BCUT2D eigenvalue weighted by Gasteiger charge is 2.17. The number of nitrogen functional groups attached to an aromatic ring is 2. The van der Waals surface area contributed by atoms with Crippen molar-refractivity contribution in [3.63, 3.8) is 0 Å². The van der Waals surface area contributed by atoms with Gasteiger partial charge in [0, 0.05) is 19.8 Å². The maximum absolute atomic E-state index is 7.47. The number of nitrogens with one attached hydrogen (secondary N) is 2. The van der Waals surface area contributed by atoms with Gasteiger partial charge in [0.05, 0.1) is 7.11 Å². The van der Waals surface area contributed by atoms with Crippen LogP contribution in [0.2, 0.25) is 0 Å². The van der Waals surface area contributed by atoms with Crippen molar-refractivity contribution in [1.29, 1.82) is 5.41 Å². The number of amidine groups is 1. The lowest BCUT2D eigenvalue weighted by Crippen LogP contribution is -2.23. The normalized spacial score (nSPS) is 15.7. The van der Waals surface area contributed by atoms with Crippen LogP contribution in [0.1, 0.15) is 31.4 Å². The first-order valence-electron chi connectivity index (χ1n) is 8.16. The number of hydrogen-bond donors (Lipinski definition) is 4.